The van der Waals surface area contributed by atoms with Crippen molar-refractivity contribution in [2.75, 3.05) is 22.4 Å². The van der Waals surface area contributed by atoms with Gasteiger partial charge in [-0.2, -0.15) is 0 Å². The summed E-state index contributed by atoms with van der Waals surface area (Å²) in [5, 5.41) is 2.81. The maximum Gasteiger partial charge on any atom is 0.255 e. The van der Waals surface area contributed by atoms with Crippen LogP contribution in [0, 0.1) is 6.92 Å². The highest BCUT2D eigenvalue weighted by atomic mass is 32.2. The van der Waals surface area contributed by atoms with Crippen molar-refractivity contribution in [3.8, 4) is 0 Å². The summed E-state index contributed by atoms with van der Waals surface area (Å²) in [5.74, 6) is -0.275. The molecule has 0 saturated carbocycles. The first-order valence-corrected chi connectivity index (χ1v) is 8.89. The lowest BCUT2D eigenvalue weighted by atomic mass is 10.1. The van der Waals surface area contributed by atoms with E-state index in [2.05, 4.69) is 5.32 Å². The molecule has 2 rings (SSSR count). The van der Waals surface area contributed by atoms with Crippen molar-refractivity contribution in [1.29, 1.82) is 0 Å². The van der Waals surface area contributed by atoms with E-state index in [0.29, 0.717) is 16.9 Å². The number of amides is 1. The van der Waals surface area contributed by atoms with E-state index in [9.17, 15) is 13.2 Å². The standard InChI is InChI=1S/C17H20N2O3S/c1-4-23(21,22)19(3)16-10-6-8-14(12-16)17(20)18-15-9-5-7-13(2)11-15/h5-12H,4H2,1-3H3,(H,18,20). The normalized spacial score (nSPS) is 11.1. The fraction of sp³-hybridized carbons (Fsp3) is 0.235. The van der Waals surface area contributed by atoms with Crippen LogP contribution in [0.3, 0.4) is 0 Å². The lowest BCUT2D eigenvalue weighted by Gasteiger charge is -2.19. The summed E-state index contributed by atoms with van der Waals surface area (Å²) >= 11 is 0. The number of carbonyl (C=O) groups is 1. The highest BCUT2D eigenvalue weighted by molar-refractivity contribution is 7.92. The van der Waals surface area contributed by atoms with Crippen LogP contribution in [0.5, 0.6) is 0 Å². The van der Waals surface area contributed by atoms with Crippen LogP contribution in [-0.4, -0.2) is 27.1 Å². The van der Waals surface area contributed by atoms with Crippen LogP contribution < -0.4 is 9.62 Å². The third kappa shape index (κ3) is 4.10. The second-order valence-corrected chi connectivity index (χ2v) is 7.53. The van der Waals surface area contributed by atoms with Crippen molar-refractivity contribution in [3.63, 3.8) is 0 Å². The summed E-state index contributed by atoms with van der Waals surface area (Å²) in [6.07, 6.45) is 0. The molecule has 0 fully saturated rings. The van der Waals surface area contributed by atoms with Gasteiger partial charge in [0, 0.05) is 18.3 Å². The average Bonchev–Trinajstić information content (AvgIpc) is 2.54. The Morgan fingerprint density at radius 1 is 1.13 bits per heavy atom. The molecule has 0 aliphatic carbocycles. The number of hydrogen-bond acceptors (Lipinski definition) is 3. The number of rotatable bonds is 5. The molecule has 0 aliphatic heterocycles. The van der Waals surface area contributed by atoms with Gasteiger partial charge in [0.25, 0.3) is 5.91 Å². The second-order valence-electron chi connectivity index (χ2n) is 5.24. The summed E-state index contributed by atoms with van der Waals surface area (Å²) in [6, 6.07) is 14.0. The van der Waals surface area contributed by atoms with E-state index in [1.807, 2.05) is 31.2 Å². The summed E-state index contributed by atoms with van der Waals surface area (Å²) in [5.41, 5.74) is 2.62. The van der Waals surface area contributed by atoms with E-state index in [4.69, 9.17) is 0 Å². The molecule has 23 heavy (non-hydrogen) atoms. The van der Waals surface area contributed by atoms with Crippen molar-refractivity contribution in [3.05, 3.63) is 59.7 Å². The van der Waals surface area contributed by atoms with Gasteiger partial charge in [-0.15, -0.1) is 0 Å². The molecule has 0 saturated heterocycles. The van der Waals surface area contributed by atoms with Gasteiger partial charge < -0.3 is 5.32 Å². The number of benzene rings is 2. The highest BCUT2D eigenvalue weighted by Crippen LogP contribution is 2.19. The number of anilines is 2. The molecule has 2 aromatic rings. The highest BCUT2D eigenvalue weighted by Gasteiger charge is 2.17. The lowest BCUT2D eigenvalue weighted by Crippen LogP contribution is -2.28. The van der Waals surface area contributed by atoms with Crippen molar-refractivity contribution >= 4 is 27.3 Å². The fourth-order valence-corrected chi connectivity index (χ4v) is 2.95. The van der Waals surface area contributed by atoms with Crippen molar-refractivity contribution in [2.24, 2.45) is 0 Å². The minimum absolute atomic E-state index is 0.00319. The zero-order valence-electron chi connectivity index (χ0n) is 13.4. The Kier molecular flexibility index (Phi) is 5.05. The predicted molar refractivity (Wildman–Crippen MR) is 93.4 cm³/mol. The zero-order chi connectivity index (χ0) is 17.0. The number of aryl methyl sites for hydroxylation is 1. The van der Waals surface area contributed by atoms with Gasteiger partial charge in [-0.3, -0.25) is 9.10 Å². The van der Waals surface area contributed by atoms with Crippen LogP contribution >= 0.6 is 0 Å². The average molecular weight is 332 g/mol. The molecule has 0 aromatic heterocycles. The number of nitrogens with one attached hydrogen (secondary N) is 1. The van der Waals surface area contributed by atoms with E-state index in [-0.39, 0.29) is 11.7 Å². The molecule has 6 heteroatoms. The predicted octanol–water partition coefficient (Wildman–Crippen LogP) is 3.03. The number of hydrogen-bond donors (Lipinski definition) is 1. The van der Waals surface area contributed by atoms with Crippen molar-refractivity contribution in [1.82, 2.24) is 0 Å². The molecular weight excluding hydrogens is 312 g/mol. The zero-order valence-corrected chi connectivity index (χ0v) is 14.2. The molecule has 0 aliphatic rings. The van der Waals surface area contributed by atoms with Crippen LogP contribution in [-0.2, 0) is 10.0 Å². The second kappa shape index (κ2) is 6.83. The Labute approximate surface area is 137 Å². The lowest BCUT2D eigenvalue weighted by molar-refractivity contribution is 0.102. The summed E-state index contributed by atoms with van der Waals surface area (Å²) in [4.78, 5) is 12.3. The van der Waals surface area contributed by atoms with Gasteiger partial charge >= 0.3 is 0 Å². The van der Waals surface area contributed by atoms with E-state index in [1.54, 1.807) is 31.2 Å². The minimum atomic E-state index is -3.36. The molecule has 2 aromatic carbocycles. The number of nitrogens with zero attached hydrogens (tertiary/aromatic N) is 1. The van der Waals surface area contributed by atoms with Gasteiger partial charge in [-0.1, -0.05) is 18.2 Å². The van der Waals surface area contributed by atoms with E-state index < -0.39 is 10.0 Å². The largest absolute Gasteiger partial charge is 0.322 e. The topological polar surface area (TPSA) is 66.5 Å². The van der Waals surface area contributed by atoms with Gasteiger partial charge in [0.15, 0.2) is 0 Å². The first-order valence-electron chi connectivity index (χ1n) is 7.28. The number of carbonyl (C=O) groups excluding carboxylic acids is 1. The van der Waals surface area contributed by atoms with Gasteiger partial charge in [0.05, 0.1) is 11.4 Å². The van der Waals surface area contributed by atoms with Crippen molar-refractivity contribution in [2.45, 2.75) is 13.8 Å². The molecule has 0 radical (unpaired) electrons. The van der Waals surface area contributed by atoms with Gasteiger partial charge in [-0.05, 0) is 49.7 Å². The van der Waals surface area contributed by atoms with E-state index in [0.717, 1.165) is 5.56 Å². The van der Waals surface area contributed by atoms with Crippen LogP contribution in [0.25, 0.3) is 0 Å². The maximum absolute atomic E-state index is 12.3. The maximum atomic E-state index is 12.3. The first-order chi connectivity index (χ1) is 10.8. The molecule has 0 heterocycles. The van der Waals surface area contributed by atoms with Gasteiger partial charge in [0.2, 0.25) is 10.0 Å². The van der Waals surface area contributed by atoms with Gasteiger partial charge in [0.1, 0.15) is 0 Å². The summed E-state index contributed by atoms with van der Waals surface area (Å²) in [7, 11) is -1.87. The third-order valence-corrected chi connectivity index (χ3v) is 5.30. The van der Waals surface area contributed by atoms with Crippen LogP contribution in [0.15, 0.2) is 48.5 Å². The first kappa shape index (κ1) is 17.0. The summed E-state index contributed by atoms with van der Waals surface area (Å²) < 4.78 is 25.1. The van der Waals surface area contributed by atoms with E-state index in [1.165, 1.54) is 11.4 Å². The molecular formula is C17H20N2O3S. The Hall–Kier alpha value is -2.34. The van der Waals surface area contributed by atoms with E-state index >= 15 is 0 Å². The van der Waals surface area contributed by atoms with Crippen LogP contribution in [0.2, 0.25) is 0 Å². The molecule has 0 unspecified atom stereocenters. The van der Waals surface area contributed by atoms with Crippen molar-refractivity contribution < 1.29 is 13.2 Å². The molecule has 0 atom stereocenters. The summed E-state index contributed by atoms with van der Waals surface area (Å²) in [6.45, 7) is 3.53. The quantitative estimate of drug-likeness (QED) is 0.915. The Bertz CT molecular complexity index is 816. The fourth-order valence-electron chi connectivity index (χ4n) is 2.12. The Morgan fingerprint density at radius 2 is 1.83 bits per heavy atom. The number of sulfonamides is 1. The molecule has 1 amide bonds. The van der Waals surface area contributed by atoms with Crippen LogP contribution in [0.1, 0.15) is 22.8 Å². The Balaban J connectivity index is 2.24. The molecule has 122 valence electrons. The van der Waals surface area contributed by atoms with Crippen LogP contribution in [0.4, 0.5) is 11.4 Å². The molecule has 1 N–H and O–H groups in total. The Morgan fingerprint density at radius 3 is 2.48 bits per heavy atom. The smallest absolute Gasteiger partial charge is 0.255 e. The SMILES string of the molecule is CCS(=O)(=O)N(C)c1cccc(C(=O)Nc2cccc(C)c2)c1. The molecule has 0 bridgehead atoms. The monoisotopic (exact) mass is 332 g/mol. The van der Waals surface area contributed by atoms with Gasteiger partial charge in [-0.25, -0.2) is 8.42 Å². The third-order valence-electron chi connectivity index (χ3n) is 3.53. The molecule has 0 spiro atoms. The minimum Gasteiger partial charge on any atom is -0.322 e. The molecule has 5 nitrogen and oxygen atoms in total.